The number of aliphatic hydroxyl groups is 1. The quantitative estimate of drug-likeness (QED) is 0.408. The number of pyridine rings is 1. The van der Waals surface area contributed by atoms with E-state index < -0.39 is 0 Å². The first-order valence-corrected chi connectivity index (χ1v) is 11.5. The largest absolute Gasteiger partial charge is 0.508 e. The zero-order valence-electron chi connectivity index (χ0n) is 18.6. The Morgan fingerprint density at radius 2 is 2.15 bits per heavy atom. The van der Waals surface area contributed by atoms with Gasteiger partial charge in [-0.15, -0.1) is 11.3 Å². The molecule has 1 aromatic carbocycles. The van der Waals surface area contributed by atoms with Crippen LogP contribution >= 0.6 is 11.3 Å². The zero-order chi connectivity index (χ0) is 23.5. The van der Waals surface area contributed by atoms with Crippen LogP contribution < -0.4 is 5.32 Å². The lowest BCUT2D eigenvalue weighted by molar-refractivity contribution is 0.0957. The van der Waals surface area contributed by atoms with E-state index in [1.807, 2.05) is 73.8 Å². The van der Waals surface area contributed by atoms with Crippen LogP contribution in [-0.2, 0) is 0 Å². The molecule has 3 aromatic rings. The number of aliphatic hydroxyl groups excluding tert-OH is 1. The maximum absolute atomic E-state index is 12.1. The fraction of sp³-hybridized carbons (Fsp3) is 0.148. The van der Waals surface area contributed by atoms with Crippen molar-refractivity contribution < 1.29 is 11.3 Å². The number of benzene rings is 1. The van der Waals surface area contributed by atoms with Crippen molar-refractivity contribution in [1.82, 2.24) is 15.3 Å². The van der Waals surface area contributed by atoms with Crippen molar-refractivity contribution in [3.05, 3.63) is 114 Å². The predicted octanol–water partition coefficient (Wildman–Crippen LogP) is 6.58. The van der Waals surface area contributed by atoms with Gasteiger partial charge in [-0.05, 0) is 49.6 Å². The molecule has 6 heteroatoms. The number of nitrogens with one attached hydrogen (secondary N) is 1. The molecule has 170 valence electrons. The average molecular weight is 460 g/mol. The van der Waals surface area contributed by atoms with Crippen LogP contribution in [0.3, 0.4) is 0 Å². The molecule has 0 saturated carbocycles. The van der Waals surface area contributed by atoms with Gasteiger partial charge in [-0.25, -0.2) is 4.98 Å². The van der Waals surface area contributed by atoms with Crippen molar-refractivity contribution in [2.45, 2.75) is 19.8 Å². The number of aromatic nitrogens is 2. The molecule has 2 N–H and O–H groups in total. The van der Waals surface area contributed by atoms with Gasteiger partial charge in [-0.1, -0.05) is 55.2 Å². The molecule has 4 rings (SSSR count). The van der Waals surface area contributed by atoms with Crippen LogP contribution in [0, 0.1) is 6.92 Å². The van der Waals surface area contributed by atoms with E-state index >= 15 is 0 Å². The van der Waals surface area contributed by atoms with E-state index in [0.717, 1.165) is 39.2 Å². The van der Waals surface area contributed by atoms with Crippen molar-refractivity contribution in [3.63, 3.8) is 0 Å². The summed E-state index contributed by atoms with van der Waals surface area (Å²) in [7, 11) is 0. The minimum Gasteiger partial charge on any atom is -0.508 e. The predicted molar refractivity (Wildman–Crippen MR) is 139 cm³/mol. The van der Waals surface area contributed by atoms with E-state index in [1.165, 1.54) is 0 Å². The van der Waals surface area contributed by atoms with Gasteiger partial charge < -0.3 is 10.4 Å². The third-order valence-electron chi connectivity index (χ3n) is 4.82. The number of aryl methyl sites for hydroxylation is 1. The van der Waals surface area contributed by atoms with E-state index in [9.17, 15) is 4.79 Å². The summed E-state index contributed by atoms with van der Waals surface area (Å²) in [5.41, 5.74) is 3.54. The molecule has 1 amide bonds. The number of thiazole rings is 1. The van der Waals surface area contributed by atoms with Crippen LogP contribution in [-0.4, -0.2) is 27.5 Å². The van der Waals surface area contributed by atoms with Crippen LogP contribution in [0.1, 0.15) is 35.2 Å². The molecule has 0 radical (unpaired) electrons. The molecular formula is C27H29N3O2S. The molecular weight excluding hydrogens is 430 g/mol. The molecule has 2 heterocycles. The highest BCUT2D eigenvalue weighted by atomic mass is 32.1. The smallest absolute Gasteiger partial charge is 0.251 e. The van der Waals surface area contributed by atoms with E-state index in [2.05, 4.69) is 21.9 Å². The number of rotatable bonds is 6. The Hall–Kier alpha value is -3.77. The minimum atomic E-state index is -0.0700. The Balaban J connectivity index is 0.000000439. The zero-order valence-corrected chi connectivity index (χ0v) is 19.4. The van der Waals surface area contributed by atoms with Gasteiger partial charge in [0.15, 0.2) is 0 Å². The first-order valence-electron chi connectivity index (χ1n) is 10.7. The third-order valence-corrected chi connectivity index (χ3v) is 5.87. The minimum absolute atomic E-state index is 0. The topological polar surface area (TPSA) is 75.1 Å². The fourth-order valence-electron chi connectivity index (χ4n) is 3.04. The molecule has 0 saturated heterocycles. The third kappa shape index (κ3) is 7.12. The number of fused-ring (bicyclic) bond motifs is 1. The van der Waals surface area contributed by atoms with Crippen LogP contribution in [0.15, 0.2) is 97.6 Å². The van der Waals surface area contributed by atoms with Crippen molar-refractivity contribution in [2.24, 2.45) is 0 Å². The normalized spacial score (nSPS) is 13.4. The molecule has 0 aliphatic heterocycles. The number of amides is 1. The highest BCUT2D eigenvalue weighted by molar-refractivity contribution is 7.19. The molecule has 0 unspecified atom stereocenters. The summed E-state index contributed by atoms with van der Waals surface area (Å²) in [6.45, 7) is 6.25. The summed E-state index contributed by atoms with van der Waals surface area (Å²) in [6, 6.07) is 9.44. The molecule has 1 aliphatic rings. The fourth-order valence-corrected chi connectivity index (χ4v) is 4.00. The van der Waals surface area contributed by atoms with Crippen LogP contribution in [0.4, 0.5) is 0 Å². The molecule has 0 spiro atoms. The standard InChI is InChI=1S/C21H19N3OS.C6H8O.H2/c1-3-16(21-24-18-11-13-22-14-19(18)26-21)9-6-7-12-23-20(25)17-10-5-4-8-15(17)2;7-6-4-2-1-3-5-6;/h3-11,13-14H,1,12H2,2H3,(H,23,25);2,4-5,7H,1,3H2;1H/b7-6-,16-9+;;. The van der Waals surface area contributed by atoms with Gasteiger partial charge in [-0.2, -0.15) is 0 Å². The second-order valence-electron chi connectivity index (χ2n) is 7.25. The lowest BCUT2D eigenvalue weighted by atomic mass is 10.1. The van der Waals surface area contributed by atoms with E-state index in [1.54, 1.807) is 29.7 Å². The van der Waals surface area contributed by atoms with Crippen molar-refractivity contribution in [1.29, 1.82) is 0 Å². The van der Waals surface area contributed by atoms with Crippen LogP contribution in [0.2, 0.25) is 0 Å². The Bertz CT molecular complexity index is 1210. The van der Waals surface area contributed by atoms with Crippen molar-refractivity contribution >= 4 is 33.0 Å². The highest BCUT2D eigenvalue weighted by Gasteiger charge is 2.07. The van der Waals surface area contributed by atoms with Crippen molar-refractivity contribution in [3.8, 4) is 0 Å². The second-order valence-corrected chi connectivity index (χ2v) is 8.28. The Kier molecular flexibility index (Phi) is 8.91. The van der Waals surface area contributed by atoms with Gasteiger partial charge in [0.2, 0.25) is 0 Å². The lowest BCUT2D eigenvalue weighted by Gasteiger charge is -2.04. The molecule has 33 heavy (non-hydrogen) atoms. The highest BCUT2D eigenvalue weighted by Crippen LogP contribution is 2.26. The number of hydrogen-bond acceptors (Lipinski definition) is 5. The van der Waals surface area contributed by atoms with Gasteiger partial charge in [-0.3, -0.25) is 9.78 Å². The molecule has 0 fully saturated rings. The monoisotopic (exact) mass is 459 g/mol. The Labute approximate surface area is 199 Å². The molecule has 0 atom stereocenters. The number of allylic oxidation sites excluding steroid dienone is 7. The SMILES string of the molecule is C=C/C(=C\C=C/CNC(=O)c1ccccc1C)c1nc2ccncc2s1.OC1=CCCC=C1.[HH]. The van der Waals surface area contributed by atoms with Crippen molar-refractivity contribution in [2.75, 3.05) is 6.54 Å². The summed E-state index contributed by atoms with van der Waals surface area (Å²) >= 11 is 1.58. The summed E-state index contributed by atoms with van der Waals surface area (Å²) in [5.74, 6) is 0.339. The molecule has 2 aromatic heterocycles. The molecule has 1 aliphatic carbocycles. The molecule has 0 bridgehead atoms. The van der Waals surface area contributed by atoms with Crippen LogP contribution in [0.25, 0.3) is 15.8 Å². The van der Waals surface area contributed by atoms with E-state index in [0.29, 0.717) is 17.9 Å². The first-order chi connectivity index (χ1) is 16.1. The second kappa shape index (κ2) is 12.3. The van der Waals surface area contributed by atoms with Gasteiger partial charge in [0.25, 0.3) is 5.91 Å². The maximum atomic E-state index is 12.1. The summed E-state index contributed by atoms with van der Waals surface area (Å²) < 4.78 is 1.05. The lowest BCUT2D eigenvalue weighted by Crippen LogP contribution is -2.23. The summed E-state index contributed by atoms with van der Waals surface area (Å²) in [4.78, 5) is 20.9. The maximum Gasteiger partial charge on any atom is 0.251 e. The van der Waals surface area contributed by atoms with Crippen LogP contribution in [0.5, 0.6) is 0 Å². The summed E-state index contributed by atoms with van der Waals surface area (Å²) in [5, 5.41) is 12.5. The number of hydrogen-bond donors (Lipinski definition) is 2. The van der Waals surface area contributed by atoms with Gasteiger partial charge in [0.1, 0.15) is 10.8 Å². The van der Waals surface area contributed by atoms with Gasteiger partial charge in [0.05, 0.1) is 10.2 Å². The van der Waals surface area contributed by atoms with Gasteiger partial charge >= 0.3 is 0 Å². The van der Waals surface area contributed by atoms with Gasteiger partial charge in [0, 0.05) is 31.5 Å². The first kappa shape index (κ1) is 23.9. The average Bonchev–Trinajstić information content (AvgIpc) is 3.26. The Morgan fingerprint density at radius 3 is 2.82 bits per heavy atom. The van der Waals surface area contributed by atoms with E-state index in [4.69, 9.17) is 5.11 Å². The number of carbonyl (C=O) groups excluding carboxylic acids is 1. The number of carbonyl (C=O) groups is 1. The Morgan fingerprint density at radius 1 is 1.30 bits per heavy atom. The summed E-state index contributed by atoms with van der Waals surface area (Å²) in [6.07, 6.45) is 18.6. The van der Waals surface area contributed by atoms with E-state index in [-0.39, 0.29) is 7.33 Å². The molecule has 5 nitrogen and oxygen atoms in total. The number of nitrogens with zero attached hydrogens (tertiary/aromatic N) is 2.